The summed E-state index contributed by atoms with van der Waals surface area (Å²) in [7, 11) is -0.340. The second kappa shape index (κ2) is 12.2. The van der Waals surface area contributed by atoms with Gasteiger partial charge in [0, 0.05) is 5.69 Å². The number of ether oxygens (including phenoxy) is 1. The average molecular weight is 482 g/mol. The lowest BCUT2D eigenvalue weighted by Crippen LogP contribution is -2.21. The third-order valence-corrected chi connectivity index (χ3v) is 9.79. The fraction of sp³-hybridized carbons (Fsp3) is 0.414. The predicted octanol–water partition coefficient (Wildman–Crippen LogP) is 7.20. The van der Waals surface area contributed by atoms with E-state index >= 15 is 0 Å². The van der Waals surface area contributed by atoms with Crippen LogP contribution in [0.2, 0.25) is 0 Å². The quantitative estimate of drug-likeness (QED) is 0.350. The second-order valence-electron chi connectivity index (χ2n) is 10.2. The molecule has 186 valence electrons. The van der Waals surface area contributed by atoms with Crippen LogP contribution in [0.4, 0.5) is 11.4 Å². The molecule has 4 nitrogen and oxygen atoms in total. The molecule has 0 bridgehead atoms. The van der Waals surface area contributed by atoms with Crippen molar-refractivity contribution in [2.24, 2.45) is 0 Å². The lowest BCUT2D eigenvalue weighted by atomic mass is 10.1. The molecule has 0 fully saturated rings. The zero-order valence-corrected chi connectivity index (χ0v) is 23.1. The highest BCUT2D eigenvalue weighted by Crippen LogP contribution is 2.48. The Labute approximate surface area is 208 Å². The Morgan fingerprint density at radius 3 is 2.18 bits per heavy atom. The largest absolute Gasteiger partial charge is 0.487 e. The summed E-state index contributed by atoms with van der Waals surface area (Å²) >= 11 is 0. The number of nitrogens with one attached hydrogen (secondary N) is 1. The number of nitrogens with zero attached hydrogens (tertiary/aromatic N) is 1. The van der Waals surface area contributed by atoms with E-state index in [1.165, 1.54) is 5.56 Å². The number of anilines is 2. The van der Waals surface area contributed by atoms with Crippen molar-refractivity contribution in [3.8, 4) is 5.75 Å². The molecule has 0 aliphatic rings. The first-order valence-corrected chi connectivity index (χ1v) is 14.7. The number of hydrogen-bond donors (Lipinski definition) is 2. The lowest BCUT2D eigenvalue weighted by Gasteiger charge is -2.40. The van der Waals surface area contributed by atoms with Crippen molar-refractivity contribution in [2.45, 2.75) is 58.9 Å². The molecule has 5 heteroatoms. The Hall–Kier alpha value is -2.66. The Bertz CT molecular complexity index is 1030. The Balaban J connectivity index is 0.000000440. The van der Waals surface area contributed by atoms with Crippen molar-refractivity contribution in [3.05, 3.63) is 83.2 Å². The minimum Gasteiger partial charge on any atom is -0.487 e. The average Bonchev–Trinajstić information content (AvgIpc) is 2.77. The standard InChI is InChI=1S/C22H25N3O.C7H18S/c1-3-17-10-11-19(23)20(13-17)24-14-21-22(12-9-16(2)25-21)26-15-18-7-5-4-6-8-18;1-7(2,3)8(4,5)6/h4-13,24H,3,14-15,23H2,1-2H3;1-6H3. The van der Waals surface area contributed by atoms with Crippen molar-refractivity contribution >= 4 is 21.4 Å². The van der Waals surface area contributed by atoms with E-state index in [9.17, 15) is 0 Å². The molecule has 1 heterocycles. The summed E-state index contributed by atoms with van der Waals surface area (Å²) in [5.74, 6) is 0.789. The van der Waals surface area contributed by atoms with Gasteiger partial charge in [-0.1, -0.05) is 64.1 Å². The van der Waals surface area contributed by atoms with Crippen molar-refractivity contribution < 1.29 is 4.74 Å². The lowest BCUT2D eigenvalue weighted by molar-refractivity contribution is 0.301. The molecule has 0 atom stereocenters. The van der Waals surface area contributed by atoms with E-state index in [2.05, 4.69) is 81.0 Å². The predicted molar refractivity (Wildman–Crippen MR) is 152 cm³/mol. The monoisotopic (exact) mass is 481 g/mol. The van der Waals surface area contributed by atoms with Crippen LogP contribution in [0.5, 0.6) is 5.75 Å². The van der Waals surface area contributed by atoms with Crippen LogP contribution in [-0.4, -0.2) is 28.5 Å². The first kappa shape index (κ1) is 27.6. The molecule has 0 radical (unpaired) electrons. The highest BCUT2D eigenvalue weighted by molar-refractivity contribution is 8.33. The number of benzene rings is 2. The van der Waals surface area contributed by atoms with Gasteiger partial charge >= 0.3 is 0 Å². The molecule has 3 rings (SSSR count). The fourth-order valence-corrected chi connectivity index (χ4v) is 2.75. The van der Waals surface area contributed by atoms with Gasteiger partial charge in [0.05, 0.1) is 17.9 Å². The second-order valence-corrected chi connectivity index (χ2v) is 15.1. The number of nitrogen functional groups attached to an aromatic ring is 1. The molecule has 0 aliphatic heterocycles. The van der Waals surface area contributed by atoms with Crippen LogP contribution in [0.25, 0.3) is 0 Å². The van der Waals surface area contributed by atoms with Crippen LogP contribution in [0.1, 0.15) is 50.2 Å². The molecule has 0 spiro atoms. The van der Waals surface area contributed by atoms with E-state index in [1.807, 2.05) is 43.3 Å². The molecular formula is C29H43N3OS. The third kappa shape index (κ3) is 8.60. The fourth-order valence-electron chi connectivity index (χ4n) is 2.75. The maximum atomic E-state index is 6.10. The van der Waals surface area contributed by atoms with Crippen molar-refractivity contribution in [2.75, 3.05) is 29.8 Å². The van der Waals surface area contributed by atoms with Crippen LogP contribution >= 0.6 is 10.0 Å². The van der Waals surface area contributed by atoms with E-state index in [-0.39, 0.29) is 10.0 Å². The zero-order chi connectivity index (χ0) is 25.4. The van der Waals surface area contributed by atoms with Crippen LogP contribution in [0.3, 0.4) is 0 Å². The number of rotatable bonds is 7. The Morgan fingerprint density at radius 2 is 1.59 bits per heavy atom. The number of hydrogen-bond acceptors (Lipinski definition) is 4. The van der Waals surface area contributed by atoms with Gasteiger partial charge in [-0.2, -0.15) is 0 Å². The molecule has 3 N–H and O–H groups in total. The number of nitrogens with two attached hydrogens (primary N) is 1. The summed E-state index contributed by atoms with van der Waals surface area (Å²) in [6, 6.07) is 20.2. The number of aryl methyl sites for hydroxylation is 2. The van der Waals surface area contributed by atoms with E-state index in [0.29, 0.717) is 17.9 Å². The van der Waals surface area contributed by atoms with Crippen molar-refractivity contribution in [1.82, 2.24) is 4.98 Å². The number of aromatic nitrogens is 1. The van der Waals surface area contributed by atoms with Gasteiger partial charge in [0.1, 0.15) is 18.1 Å². The minimum absolute atomic E-state index is 0.340. The SMILES string of the molecule is CC(C)(C)S(C)(C)C.CCc1ccc(N)c(NCc2nc(C)ccc2OCc2ccccc2)c1. The van der Waals surface area contributed by atoms with Gasteiger partial charge in [0.25, 0.3) is 0 Å². The zero-order valence-electron chi connectivity index (χ0n) is 22.2. The van der Waals surface area contributed by atoms with E-state index < -0.39 is 0 Å². The summed E-state index contributed by atoms with van der Waals surface area (Å²) in [6.07, 6.45) is 8.04. The highest BCUT2D eigenvalue weighted by Gasteiger charge is 2.22. The molecule has 1 aromatic heterocycles. The van der Waals surface area contributed by atoms with Gasteiger partial charge in [-0.05, 0) is 72.3 Å². The molecule has 0 aliphatic carbocycles. The van der Waals surface area contributed by atoms with Crippen molar-refractivity contribution in [3.63, 3.8) is 0 Å². The molecule has 0 saturated carbocycles. The molecule has 3 aromatic rings. The number of pyridine rings is 1. The minimum atomic E-state index is -0.340. The summed E-state index contributed by atoms with van der Waals surface area (Å²) < 4.78 is 6.53. The Kier molecular flexibility index (Phi) is 9.87. The van der Waals surface area contributed by atoms with Gasteiger partial charge < -0.3 is 15.8 Å². The molecule has 0 saturated heterocycles. The van der Waals surface area contributed by atoms with Gasteiger partial charge in [0.2, 0.25) is 0 Å². The molecule has 0 unspecified atom stereocenters. The van der Waals surface area contributed by atoms with Gasteiger partial charge in [-0.15, -0.1) is 0 Å². The smallest absolute Gasteiger partial charge is 0.143 e. The van der Waals surface area contributed by atoms with Gasteiger partial charge in [-0.25, -0.2) is 10.0 Å². The maximum absolute atomic E-state index is 6.10. The maximum Gasteiger partial charge on any atom is 0.143 e. The van der Waals surface area contributed by atoms with Gasteiger partial charge in [0.15, 0.2) is 0 Å². The van der Waals surface area contributed by atoms with Crippen molar-refractivity contribution in [1.29, 1.82) is 0 Å². The summed E-state index contributed by atoms with van der Waals surface area (Å²) in [5.41, 5.74) is 12.0. The normalized spacial score (nSPS) is 11.9. The molecule has 34 heavy (non-hydrogen) atoms. The first-order valence-electron chi connectivity index (χ1n) is 11.8. The van der Waals surface area contributed by atoms with Crippen LogP contribution in [-0.2, 0) is 19.6 Å². The van der Waals surface area contributed by atoms with E-state index in [4.69, 9.17) is 10.5 Å². The molecular weight excluding hydrogens is 438 g/mol. The first-order chi connectivity index (χ1) is 15.9. The topological polar surface area (TPSA) is 60.2 Å². The van der Waals surface area contributed by atoms with Crippen LogP contribution < -0.4 is 15.8 Å². The van der Waals surface area contributed by atoms with Crippen LogP contribution in [0.15, 0.2) is 60.7 Å². The molecule has 0 amide bonds. The highest BCUT2D eigenvalue weighted by atomic mass is 32.3. The summed E-state index contributed by atoms with van der Waals surface area (Å²) in [4.78, 5) is 4.64. The summed E-state index contributed by atoms with van der Waals surface area (Å²) in [6.45, 7) is 12.1. The third-order valence-electron chi connectivity index (χ3n) is 6.12. The van der Waals surface area contributed by atoms with Crippen LogP contribution in [0, 0.1) is 6.92 Å². The van der Waals surface area contributed by atoms with E-state index in [0.717, 1.165) is 40.5 Å². The Morgan fingerprint density at radius 1 is 0.941 bits per heavy atom. The van der Waals surface area contributed by atoms with Gasteiger partial charge in [-0.3, -0.25) is 4.98 Å². The molecule has 2 aromatic carbocycles. The summed E-state index contributed by atoms with van der Waals surface area (Å²) in [5, 5.41) is 3.40. The van der Waals surface area contributed by atoms with E-state index in [1.54, 1.807) is 0 Å².